The number of fused-ring (bicyclic) bond motifs is 4. The molecule has 0 aliphatic carbocycles. The number of benzene rings is 2. The summed E-state index contributed by atoms with van der Waals surface area (Å²) in [7, 11) is 0. The molecule has 0 saturated carbocycles. The second kappa shape index (κ2) is 22.2. The molecule has 3 heterocycles. The molecule has 0 spiro atoms. The predicted molar refractivity (Wildman–Crippen MR) is 236 cm³/mol. The van der Waals surface area contributed by atoms with Gasteiger partial charge in [-0.05, 0) is 87.6 Å². The number of aliphatic hydroxyl groups excluding tert-OH is 1. The van der Waals surface area contributed by atoms with Gasteiger partial charge in [-0.3, -0.25) is 33.7 Å². The Morgan fingerprint density at radius 1 is 1.00 bits per heavy atom. The van der Waals surface area contributed by atoms with E-state index >= 15 is 0 Å². The van der Waals surface area contributed by atoms with E-state index in [1.54, 1.807) is 40.7 Å². The minimum atomic E-state index is -1.47. The summed E-state index contributed by atoms with van der Waals surface area (Å²) in [6.07, 6.45) is 1.38. The quantitative estimate of drug-likeness (QED) is 0.0260. The number of likely N-dealkylation sites (tertiary alicyclic amines) is 1. The summed E-state index contributed by atoms with van der Waals surface area (Å²) in [5.74, 6) is -2.99. The highest BCUT2D eigenvalue weighted by atomic mass is 16.7. The second-order valence-electron chi connectivity index (χ2n) is 16.3. The van der Waals surface area contributed by atoms with E-state index in [0.29, 0.717) is 54.0 Å². The van der Waals surface area contributed by atoms with Crippen molar-refractivity contribution < 1.29 is 38.9 Å². The fourth-order valence-electron chi connectivity index (χ4n) is 7.71. The lowest BCUT2D eigenvalue weighted by Gasteiger charge is -2.29. The third kappa shape index (κ3) is 12.1. The van der Waals surface area contributed by atoms with Crippen LogP contribution in [0, 0.1) is 16.0 Å². The van der Waals surface area contributed by atoms with Crippen LogP contribution in [0.3, 0.4) is 0 Å². The van der Waals surface area contributed by atoms with Gasteiger partial charge in [-0.2, -0.15) is 0 Å². The van der Waals surface area contributed by atoms with Crippen LogP contribution in [0.15, 0.2) is 52.4 Å². The fraction of sp³-hybridized carbons (Fsp3) is 0.524. The number of carbonyl (C=O) groups is 6. The summed E-state index contributed by atoms with van der Waals surface area (Å²) in [6.45, 7) is 5.92. The maximum atomic E-state index is 14.0. The molecule has 1 saturated heterocycles. The van der Waals surface area contributed by atoms with Crippen molar-refractivity contribution >= 4 is 58.6 Å². The molecule has 2 aromatic rings. The van der Waals surface area contributed by atoms with Crippen LogP contribution in [0.4, 0.5) is 11.4 Å². The molecular formula is C42H59N13O9. The number of hydrogen-bond donors (Lipinski definition) is 9. The third-order valence-corrected chi connectivity index (χ3v) is 11.6. The highest BCUT2D eigenvalue weighted by Gasteiger charge is 2.39. The Bertz CT molecular complexity index is 2150. The number of unbranched alkanes of at least 4 members (excludes halogenated alkanes) is 1. The fourth-order valence-corrected chi connectivity index (χ4v) is 7.71. The molecule has 346 valence electrons. The molecule has 0 bridgehead atoms. The Labute approximate surface area is 370 Å². The number of carbonyl (C=O) groups excluding carboxylic acids is 6. The lowest BCUT2D eigenvalue weighted by atomic mass is 9.99. The van der Waals surface area contributed by atoms with E-state index in [9.17, 15) is 44.0 Å². The van der Waals surface area contributed by atoms with Crippen molar-refractivity contribution in [2.24, 2.45) is 33.1 Å². The number of amidine groups is 1. The van der Waals surface area contributed by atoms with Crippen LogP contribution in [0.25, 0.3) is 0 Å². The number of hydrogen-bond acceptors (Lipinski definition) is 13. The monoisotopic (exact) mass is 889 g/mol. The SMILES string of the molecule is CC[C@H](C)[C@H](N)C(=O)NCCCC[C@H](NC(=O)[C@@H]1CCCN1C(=O)[C@@H](N)CCCN=C(N)N[N+](=O)[O-])C(=O)N[C@H](C(=O)Nc1ccc2c(c1)CN1C(=O)c3ccccc3C1=N2)[C@@H](C)O. The molecule has 22 heteroatoms. The number of rotatable bonds is 21. The zero-order valence-corrected chi connectivity index (χ0v) is 36.2. The van der Waals surface area contributed by atoms with Crippen molar-refractivity contribution in [3.8, 4) is 0 Å². The van der Waals surface area contributed by atoms with Gasteiger partial charge < -0.3 is 48.5 Å². The van der Waals surface area contributed by atoms with Gasteiger partial charge >= 0.3 is 0 Å². The molecule has 1 fully saturated rings. The first-order valence-corrected chi connectivity index (χ1v) is 21.5. The minimum Gasteiger partial charge on any atom is -0.391 e. The Hall–Kier alpha value is -6.52. The van der Waals surface area contributed by atoms with Gasteiger partial charge in [0.25, 0.3) is 11.9 Å². The number of amides is 6. The van der Waals surface area contributed by atoms with Gasteiger partial charge in [0.2, 0.25) is 29.5 Å². The summed E-state index contributed by atoms with van der Waals surface area (Å²) in [5.41, 5.74) is 22.3. The number of nitrogens with zero attached hydrogens (tertiary/aromatic N) is 5. The molecule has 12 N–H and O–H groups in total. The molecule has 0 radical (unpaired) electrons. The van der Waals surface area contributed by atoms with Crippen LogP contribution in [-0.4, -0.2) is 123 Å². The van der Waals surface area contributed by atoms with Crippen molar-refractivity contribution in [2.75, 3.05) is 25.0 Å². The van der Waals surface area contributed by atoms with Gasteiger partial charge in [-0.1, -0.05) is 43.9 Å². The molecule has 0 aromatic heterocycles. The van der Waals surface area contributed by atoms with E-state index in [-0.39, 0.29) is 63.2 Å². The Balaban J connectivity index is 1.24. The van der Waals surface area contributed by atoms with Gasteiger partial charge in [0.15, 0.2) is 5.03 Å². The normalized spacial score (nSPS) is 18.2. The van der Waals surface area contributed by atoms with Gasteiger partial charge in [0.1, 0.15) is 24.0 Å². The number of nitrogens with one attached hydrogen (secondary N) is 5. The van der Waals surface area contributed by atoms with Crippen LogP contribution < -0.4 is 43.9 Å². The van der Waals surface area contributed by atoms with E-state index in [1.165, 1.54) is 11.8 Å². The highest BCUT2D eigenvalue weighted by Crippen LogP contribution is 2.35. The molecule has 2 aromatic carbocycles. The summed E-state index contributed by atoms with van der Waals surface area (Å²) in [6, 6.07) is 6.85. The first-order valence-electron chi connectivity index (χ1n) is 21.5. The highest BCUT2D eigenvalue weighted by molar-refractivity contribution is 6.24. The minimum absolute atomic E-state index is 0.0265. The number of aliphatic imine (C=N–C) groups is 2. The zero-order chi connectivity index (χ0) is 46.7. The standard InChI is InChI=1S/C42H59N13O9/c1-4-23(2)33(44)38(59)46-18-8-7-14-31(50-37(58)32-15-10-20-53(32)41(62)29(43)13-9-19-47-42(45)52-55(63)64)36(57)51-34(24(3)56)39(60)48-26-16-17-30-25(21-26)22-54-35(49-30)27-11-5-6-12-28(27)40(54)61/h5-6,11-12,16-17,21,23-24,29,31-34,56H,4,7-10,13-15,18-20,22,43-44H2,1-3H3,(H,46,59)(H,48,60)(H,50,58)(H,51,57)(H3,45,47,52)/t23-,24+,29-,31-,32-,33-,34-/m0/s1. The maximum absolute atomic E-state index is 14.0. The summed E-state index contributed by atoms with van der Waals surface area (Å²) in [5, 5.41) is 31.3. The Morgan fingerprint density at radius 2 is 1.73 bits per heavy atom. The average Bonchev–Trinajstić information content (AvgIpc) is 3.87. The average molecular weight is 890 g/mol. The summed E-state index contributed by atoms with van der Waals surface area (Å²) < 4.78 is 0. The summed E-state index contributed by atoms with van der Waals surface area (Å²) in [4.78, 5) is 103. The van der Waals surface area contributed by atoms with Crippen molar-refractivity contribution in [2.45, 2.75) is 115 Å². The zero-order valence-electron chi connectivity index (χ0n) is 36.2. The molecule has 5 rings (SSSR count). The Morgan fingerprint density at radius 3 is 2.44 bits per heavy atom. The number of guanidine groups is 1. The second-order valence-corrected chi connectivity index (χ2v) is 16.3. The first-order chi connectivity index (χ1) is 30.5. The van der Waals surface area contributed by atoms with Crippen molar-refractivity contribution in [1.82, 2.24) is 31.2 Å². The van der Waals surface area contributed by atoms with Crippen LogP contribution in [0.1, 0.15) is 93.6 Å². The van der Waals surface area contributed by atoms with Crippen LogP contribution in [-0.2, 0) is 30.5 Å². The largest absolute Gasteiger partial charge is 0.391 e. The van der Waals surface area contributed by atoms with Crippen LogP contribution in [0.5, 0.6) is 0 Å². The first kappa shape index (κ1) is 48.5. The third-order valence-electron chi connectivity index (χ3n) is 11.6. The Kier molecular flexibility index (Phi) is 16.8. The number of anilines is 1. The smallest absolute Gasteiger partial charge is 0.260 e. The van der Waals surface area contributed by atoms with Gasteiger partial charge in [0.05, 0.1) is 36.0 Å². The molecule has 22 nitrogen and oxygen atoms in total. The lowest BCUT2D eigenvalue weighted by Crippen LogP contribution is -2.58. The topological polar surface area (TPSA) is 335 Å². The number of hydrazine groups is 1. The predicted octanol–water partition coefficient (Wildman–Crippen LogP) is -0.122. The van der Waals surface area contributed by atoms with Crippen molar-refractivity contribution in [3.05, 3.63) is 69.3 Å². The lowest BCUT2D eigenvalue weighted by molar-refractivity contribution is -0.525. The van der Waals surface area contributed by atoms with E-state index in [2.05, 4.69) is 26.3 Å². The number of nitrogens with two attached hydrogens (primary N) is 3. The van der Waals surface area contributed by atoms with Crippen LogP contribution >= 0.6 is 0 Å². The number of aliphatic hydroxyl groups is 1. The van der Waals surface area contributed by atoms with E-state index in [1.807, 2.05) is 26.0 Å². The van der Waals surface area contributed by atoms with Crippen LogP contribution in [0.2, 0.25) is 0 Å². The molecule has 64 heavy (non-hydrogen) atoms. The van der Waals surface area contributed by atoms with E-state index in [4.69, 9.17) is 22.2 Å². The number of nitro groups is 1. The maximum Gasteiger partial charge on any atom is 0.260 e. The summed E-state index contributed by atoms with van der Waals surface area (Å²) >= 11 is 0. The van der Waals surface area contributed by atoms with Gasteiger partial charge in [-0.15, -0.1) is 0 Å². The molecule has 6 amide bonds. The van der Waals surface area contributed by atoms with Gasteiger partial charge in [0, 0.05) is 30.9 Å². The molecular weight excluding hydrogens is 831 g/mol. The van der Waals surface area contributed by atoms with E-state index < -0.39 is 70.9 Å². The molecule has 7 atom stereocenters. The molecule has 3 aliphatic heterocycles. The molecule has 3 aliphatic rings. The van der Waals surface area contributed by atoms with Gasteiger partial charge in [-0.25, -0.2) is 20.1 Å². The molecule has 0 unspecified atom stereocenters. The van der Waals surface area contributed by atoms with Crippen molar-refractivity contribution in [1.29, 1.82) is 0 Å². The van der Waals surface area contributed by atoms with Crippen molar-refractivity contribution in [3.63, 3.8) is 0 Å². The van der Waals surface area contributed by atoms with E-state index in [0.717, 1.165) is 12.0 Å².